The van der Waals surface area contributed by atoms with Crippen LogP contribution in [0.4, 0.5) is 16.4 Å². The van der Waals surface area contributed by atoms with Crippen molar-refractivity contribution in [3.8, 4) is 0 Å². The van der Waals surface area contributed by atoms with E-state index in [2.05, 4.69) is 31.1 Å². The summed E-state index contributed by atoms with van der Waals surface area (Å²) in [4.78, 5) is 16.7. The van der Waals surface area contributed by atoms with E-state index < -0.39 is 0 Å². The lowest BCUT2D eigenvalue weighted by Gasteiger charge is -2.18. The maximum atomic E-state index is 12.5. The van der Waals surface area contributed by atoms with Gasteiger partial charge < -0.3 is 10.6 Å². The number of rotatable bonds is 5. The lowest BCUT2D eigenvalue weighted by atomic mass is 10.1. The molecule has 134 valence electrons. The van der Waals surface area contributed by atoms with Gasteiger partial charge in [0.2, 0.25) is 0 Å². The van der Waals surface area contributed by atoms with Crippen molar-refractivity contribution in [3.63, 3.8) is 0 Å². The number of carbonyl (C=O) groups excluding carboxylic acids is 1. The zero-order chi connectivity index (χ0) is 18.1. The van der Waals surface area contributed by atoms with E-state index in [9.17, 15) is 4.79 Å². The predicted octanol–water partition coefficient (Wildman–Crippen LogP) is 3.85. The van der Waals surface area contributed by atoms with E-state index in [1.54, 1.807) is 6.07 Å². The van der Waals surface area contributed by atoms with Gasteiger partial charge in [-0.25, -0.2) is 9.78 Å². The molecule has 3 aromatic rings. The summed E-state index contributed by atoms with van der Waals surface area (Å²) in [6.45, 7) is 2.70. The number of fused-ring (bicyclic) bond motifs is 1. The minimum absolute atomic E-state index is 0.284. The Morgan fingerprint density at radius 2 is 2.08 bits per heavy atom. The average Bonchev–Trinajstić information content (AvgIpc) is 3.29. The van der Waals surface area contributed by atoms with Crippen LogP contribution < -0.4 is 16.0 Å². The number of nitrogens with one attached hydrogen (secondary N) is 4. The quantitative estimate of drug-likeness (QED) is 0.513. The van der Waals surface area contributed by atoms with Crippen LogP contribution in [0.5, 0.6) is 0 Å². The van der Waals surface area contributed by atoms with Crippen molar-refractivity contribution in [1.82, 2.24) is 20.5 Å². The number of aromatic amines is 1. The lowest BCUT2D eigenvalue weighted by Crippen LogP contribution is -2.38. The van der Waals surface area contributed by atoms with Crippen molar-refractivity contribution < 1.29 is 4.79 Å². The first-order chi connectivity index (χ1) is 12.6. The number of benzene rings is 1. The number of carbonyl (C=O) groups is 1. The number of nitrogens with zero attached hydrogens (tertiary/aromatic N) is 2. The van der Waals surface area contributed by atoms with E-state index in [1.807, 2.05) is 37.3 Å². The fourth-order valence-electron chi connectivity index (χ4n) is 3.09. The number of aromatic nitrogens is 3. The monoisotopic (exact) mass is 370 g/mol. The summed E-state index contributed by atoms with van der Waals surface area (Å²) in [7, 11) is 0. The standard InChI is InChI=1S/C18H19ClN6O/c1-2-20-16-14-12(24-25-16)10-13(21-15(14)19)22-17(26)23-18(8-9-18)11-6-4-3-5-7-11/h3-7,10H,2,8-9H2,1H3,(H2,20,24,25)(H2,21,22,23,26). The highest BCUT2D eigenvalue weighted by atomic mass is 35.5. The molecule has 2 aromatic heterocycles. The molecule has 2 heterocycles. The van der Waals surface area contributed by atoms with Gasteiger partial charge in [0.1, 0.15) is 11.0 Å². The molecule has 1 aliphatic rings. The zero-order valence-corrected chi connectivity index (χ0v) is 15.0. The third-order valence-electron chi connectivity index (χ3n) is 4.52. The summed E-state index contributed by atoms with van der Waals surface area (Å²) >= 11 is 6.29. The first kappa shape index (κ1) is 16.7. The van der Waals surface area contributed by atoms with Gasteiger partial charge in [-0.2, -0.15) is 5.10 Å². The van der Waals surface area contributed by atoms with E-state index >= 15 is 0 Å². The van der Waals surface area contributed by atoms with Crippen LogP contribution in [0.1, 0.15) is 25.3 Å². The topological polar surface area (TPSA) is 94.7 Å². The Morgan fingerprint density at radius 3 is 2.77 bits per heavy atom. The number of urea groups is 1. The maximum absolute atomic E-state index is 12.5. The van der Waals surface area contributed by atoms with Crippen LogP contribution >= 0.6 is 11.6 Å². The Labute approximate surface area is 155 Å². The molecule has 2 amide bonds. The van der Waals surface area contributed by atoms with Crippen molar-refractivity contribution in [3.05, 3.63) is 47.1 Å². The number of pyridine rings is 1. The third kappa shape index (κ3) is 3.06. The number of hydrogen-bond donors (Lipinski definition) is 4. The highest BCUT2D eigenvalue weighted by Gasteiger charge is 2.45. The molecule has 0 radical (unpaired) electrons. The second-order valence-electron chi connectivity index (χ2n) is 6.35. The number of halogens is 1. The first-order valence-electron chi connectivity index (χ1n) is 8.54. The third-order valence-corrected chi connectivity index (χ3v) is 4.79. The summed E-state index contributed by atoms with van der Waals surface area (Å²) in [5.74, 6) is 1.02. The predicted molar refractivity (Wildman–Crippen MR) is 103 cm³/mol. The summed E-state index contributed by atoms with van der Waals surface area (Å²) < 4.78 is 0. The highest BCUT2D eigenvalue weighted by molar-refractivity contribution is 6.35. The SMILES string of the molecule is CCNc1n[nH]c2cc(NC(=O)NC3(c4ccccc4)CC3)nc(Cl)c12. The molecule has 0 saturated heterocycles. The molecule has 0 unspecified atom stereocenters. The number of anilines is 2. The Balaban J connectivity index is 1.51. The smallest absolute Gasteiger partial charge is 0.321 e. The molecule has 1 aliphatic carbocycles. The van der Waals surface area contributed by atoms with Crippen LogP contribution in [0.2, 0.25) is 5.15 Å². The molecule has 0 spiro atoms. The van der Waals surface area contributed by atoms with Gasteiger partial charge in [-0.05, 0) is 25.3 Å². The Kier molecular flexibility index (Phi) is 4.16. The van der Waals surface area contributed by atoms with Crippen LogP contribution in [0.15, 0.2) is 36.4 Å². The lowest BCUT2D eigenvalue weighted by molar-refractivity contribution is 0.247. The van der Waals surface area contributed by atoms with Crippen molar-refractivity contribution in [2.75, 3.05) is 17.2 Å². The minimum atomic E-state index is -0.305. The maximum Gasteiger partial charge on any atom is 0.321 e. The van der Waals surface area contributed by atoms with Gasteiger partial charge in [0.05, 0.1) is 16.4 Å². The summed E-state index contributed by atoms with van der Waals surface area (Å²) in [5.41, 5.74) is 1.53. The molecule has 0 atom stereocenters. The molecule has 1 saturated carbocycles. The molecule has 4 N–H and O–H groups in total. The average molecular weight is 371 g/mol. The van der Waals surface area contributed by atoms with E-state index in [0.717, 1.165) is 24.9 Å². The van der Waals surface area contributed by atoms with Gasteiger partial charge in [0.25, 0.3) is 0 Å². The van der Waals surface area contributed by atoms with Crippen molar-refractivity contribution in [2.24, 2.45) is 0 Å². The molecule has 0 aliphatic heterocycles. The molecule has 1 aromatic carbocycles. The molecular formula is C18H19ClN6O. The fourth-order valence-corrected chi connectivity index (χ4v) is 3.37. The van der Waals surface area contributed by atoms with Gasteiger partial charge in [0.15, 0.2) is 5.82 Å². The molecule has 7 nitrogen and oxygen atoms in total. The molecule has 1 fully saturated rings. The van der Waals surface area contributed by atoms with Gasteiger partial charge >= 0.3 is 6.03 Å². The van der Waals surface area contributed by atoms with Gasteiger partial charge in [-0.3, -0.25) is 10.4 Å². The minimum Gasteiger partial charge on any atom is -0.368 e. The second-order valence-corrected chi connectivity index (χ2v) is 6.71. The van der Waals surface area contributed by atoms with E-state index in [0.29, 0.717) is 22.5 Å². The van der Waals surface area contributed by atoms with E-state index in [-0.39, 0.29) is 16.7 Å². The van der Waals surface area contributed by atoms with Crippen molar-refractivity contribution in [2.45, 2.75) is 25.3 Å². The van der Waals surface area contributed by atoms with Gasteiger partial charge in [0, 0.05) is 12.6 Å². The Bertz CT molecular complexity index is 951. The van der Waals surface area contributed by atoms with Gasteiger partial charge in [-0.15, -0.1) is 0 Å². The van der Waals surface area contributed by atoms with Crippen LogP contribution in [0.3, 0.4) is 0 Å². The fraction of sp³-hybridized carbons (Fsp3) is 0.278. The molecule has 8 heteroatoms. The Hall–Kier alpha value is -2.80. The number of hydrogen-bond acceptors (Lipinski definition) is 4. The summed E-state index contributed by atoms with van der Waals surface area (Å²) in [6.07, 6.45) is 1.84. The molecule has 26 heavy (non-hydrogen) atoms. The van der Waals surface area contributed by atoms with Crippen LogP contribution in [-0.4, -0.2) is 27.8 Å². The summed E-state index contributed by atoms with van der Waals surface area (Å²) in [5, 5.41) is 17.0. The molecule has 4 rings (SSSR count). The summed E-state index contributed by atoms with van der Waals surface area (Å²) in [6, 6.07) is 11.4. The first-order valence-corrected chi connectivity index (χ1v) is 8.92. The van der Waals surface area contributed by atoms with E-state index in [1.165, 1.54) is 0 Å². The van der Waals surface area contributed by atoms with Crippen LogP contribution in [0.25, 0.3) is 10.9 Å². The Morgan fingerprint density at radius 1 is 1.31 bits per heavy atom. The largest absolute Gasteiger partial charge is 0.368 e. The van der Waals surface area contributed by atoms with Crippen molar-refractivity contribution >= 4 is 40.2 Å². The normalized spacial score (nSPS) is 14.8. The highest BCUT2D eigenvalue weighted by Crippen LogP contribution is 2.45. The number of H-pyrrole nitrogens is 1. The van der Waals surface area contributed by atoms with Crippen molar-refractivity contribution in [1.29, 1.82) is 0 Å². The number of amides is 2. The molecule has 0 bridgehead atoms. The van der Waals surface area contributed by atoms with Gasteiger partial charge in [-0.1, -0.05) is 41.9 Å². The van der Waals surface area contributed by atoms with Crippen LogP contribution in [0, 0.1) is 0 Å². The second kappa shape index (κ2) is 6.49. The zero-order valence-electron chi connectivity index (χ0n) is 14.3. The van der Waals surface area contributed by atoms with Crippen LogP contribution in [-0.2, 0) is 5.54 Å². The van der Waals surface area contributed by atoms with E-state index in [4.69, 9.17) is 11.6 Å². The molecular weight excluding hydrogens is 352 g/mol.